The number of nitrogens with one attached hydrogen (secondary N) is 2. The predicted molar refractivity (Wildman–Crippen MR) is 262 cm³/mol. The fraction of sp³-hybridized carbons (Fsp3) is 0.843. The van der Waals surface area contributed by atoms with Gasteiger partial charge in [-0.25, -0.2) is 0 Å². The van der Waals surface area contributed by atoms with Gasteiger partial charge in [0.25, 0.3) is 0 Å². The fourth-order valence-corrected chi connectivity index (χ4v) is 9.51. The summed E-state index contributed by atoms with van der Waals surface area (Å²) in [6.45, 7) is 33.3. The lowest BCUT2D eigenvalue weighted by Crippen LogP contribution is -2.44. The molecule has 0 aromatic carbocycles. The van der Waals surface area contributed by atoms with E-state index in [1.54, 1.807) is 0 Å². The summed E-state index contributed by atoms with van der Waals surface area (Å²) in [4.78, 5) is 40.0. The monoisotopic (exact) mass is 853 g/mol. The lowest BCUT2D eigenvalue weighted by molar-refractivity contribution is -0.122. The van der Waals surface area contributed by atoms with Crippen molar-refractivity contribution in [3.8, 4) is 0 Å². The quantitative estimate of drug-likeness (QED) is 0.0392. The molecule has 0 spiro atoms. The summed E-state index contributed by atoms with van der Waals surface area (Å²) >= 11 is 0. The van der Waals surface area contributed by atoms with Gasteiger partial charge in [-0.05, 0) is 83.0 Å². The van der Waals surface area contributed by atoms with Crippen LogP contribution in [0.25, 0.3) is 0 Å². The van der Waals surface area contributed by atoms with Crippen LogP contribution in [0.3, 0.4) is 0 Å². The van der Waals surface area contributed by atoms with Gasteiger partial charge in [-0.15, -0.1) is 0 Å². The zero-order chi connectivity index (χ0) is 45.8. The minimum Gasteiger partial charge on any atom is -0.356 e. The summed E-state index contributed by atoms with van der Waals surface area (Å²) in [6.07, 6.45) is 26.6. The van der Waals surface area contributed by atoms with Crippen LogP contribution in [-0.2, 0) is 9.59 Å². The minimum absolute atomic E-state index is 0.0370. The van der Waals surface area contributed by atoms with Crippen molar-refractivity contribution in [2.24, 2.45) is 43.1 Å². The number of aliphatic imine (C=N–C) groups is 2. The number of amides is 2. The van der Waals surface area contributed by atoms with Crippen molar-refractivity contribution in [3.63, 3.8) is 0 Å². The highest BCUT2D eigenvalue weighted by Gasteiger charge is 2.38. The van der Waals surface area contributed by atoms with Crippen molar-refractivity contribution in [1.82, 2.24) is 20.4 Å². The van der Waals surface area contributed by atoms with Gasteiger partial charge in [-0.2, -0.15) is 0 Å². The molecular weight excluding hydrogens is 757 g/mol. The smallest absolute Gasteiger partial charge is 0.220 e. The number of allylic oxidation sites excluding steroid dienone is 3. The molecule has 0 radical (unpaired) electrons. The first-order valence-electron chi connectivity index (χ1n) is 24.5. The van der Waals surface area contributed by atoms with E-state index in [2.05, 4.69) is 114 Å². The van der Waals surface area contributed by atoms with Crippen LogP contribution in [0.4, 0.5) is 0 Å². The van der Waals surface area contributed by atoms with E-state index in [1.165, 1.54) is 44.4 Å². The highest BCUT2D eigenvalue weighted by atomic mass is 16.2. The van der Waals surface area contributed by atoms with Gasteiger partial charge in [0.15, 0.2) is 0 Å². The average molecular weight is 853 g/mol. The number of carbonyl (C=O) groups is 2. The molecule has 1 unspecified atom stereocenters. The van der Waals surface area contributed by atoms with Crippen molar-refractivity contribution >= 4 is 23.5 Å². The molecule has 2 heterocycles. The summed E-state index contributed by atoms with van der Waals surface area (Å²) in [6, 6.07) is 0. The Labute approximate surface area is 375 Å². The van der Waals surface area contributed by atoms with Gasteiger partial charge in [0.2, 0.25) is 11.8 Å². The molecule has 2 rings (SSSR count). The second-order valence-electron chi connectivity index (χ2n) is 22.3. The maximum absolute atomic E-state index is 12.6. The van der Waals surface area contributed by atoms with Gasteiger partial charge in [-0.3, -0.25) is 19.6 Å². The Kier molecular flexibility index (Phi) is 22.8. The van der Waals surface area contributed by atoms with Gasteiger partial charge >= 0.3 is 0 Å². The highest BCUT2D eigenvalue weighted by molar-refractivity contribution is 5.89. The number of nitrogens with zero attached hydrogens (tertiary/aromatic N) is 4. The Balaban J connectivity index is 1.76. The molecule has 2 aliphatic rings. The number of hydrogen-bond acceptors (Lipinski definition) is 8. The number of unbranched alkanes of at least 4 members (excludes halogenated alkanes) is 9. The first-order chi connectivity index (χ1) is 28.4. The average Bonchev–Trinajstić information content (AvgIpc) is 3.83. The zero-order valence-electron chi connectivity index (χ0n) is 41.7. The third-order valence-corrected chi connectivity index (χ3v) is 12.5. The second kappa shape index (κ2) is 25.5. The molecule has 352 valence electrons. The van der Waals surface area contributed by atoms with Gasteiger partial charge in [0.05, 0.1) is 13.1 Å². The highest BCUT2D eigenvalue weighted by Crippen LogP contribution is 2.41. The third kappa shape index (κ3) is 23.0. The van der Waals surface area contributed by atoms with Crippen LogP contribution in [0.5, 0.6) is 0 Å². The minimum atomic E-state index is -0.235. The van der Waals surface area contributed by atoms with E-state index in [4.69, 9.17) is 21.5 Å². The molecule has 0 bridgehead atoms. The number of rotatable bonds is 32. The molecule has 0 saturated carbocycles. The van der Waals surface area contributed by atoms with Gasteiger partial charge < -0.3 is 31.9 Å². The van der Waals surface area contributed by atoms with Crippen molar-refractivity contribution in [3.05, 3.63) is 24.3 Å². The third-order valence-electron chi connectivity index (χ3n) is 12.5. The van der Waals surface area contributed by atoms with Crippen LogP contribution in [0.15, 0.2) is 34.3 Å². The van der Waals surface area contributed by atoms with Crippen molar-refractivity contribution in [1.29, 1.82) is 0 Å². The molecule has 0 aromatic heterocycles. The topological polar surface area (TPSA) is 141 Å². The molecule has 10 heteroatoms. The Bertz CT molecular complexity index is 1430. The second-order valence-corrected chi connectivity index (χ2v) is 22.3. The Hall–Kier alpha value is -2.72. The number of carbonyl (C=O) groups excluding carboxylic acids is 2. The molecule has 10 nitrogen and oxygen atoms in total. The maximum atomic E-state index is 12.6. The number of hydrogen-bond donors (Lipinski definition) is 4. The van der Waals surface area contributed by atoms with E-state index in [1.807, 2.05) is 13.8 Å². The van der Waals surface area contributed by atoms with E-state index in [9.17, 15) is 9.59 Å². The molecule has 6 N–H and O–H groups in total. The van der Waals surface area contributed by atoms with Crippen LogP contribution in [0.2, 0.25) is 0 Å². The molecule has 0 saturated heterocycles. The predicted octanol–water partition coefficient (Wildman–Crippen LogP) is 9.97. The summed E-state index contributed by atoms with van der Waals surface area (Å²) in [5, 5.41) is 6.35. The van der Waals surface area contributed by atoms with E-state index in [0.717, 1.165) is 103 Å². The maximum Gasteiger partial charge on any atom is 0.220 e. The standard InChI is InChI=1S/C51H96N8O2/c1-13-51(12,53)29-25-21-17-19-23-27-43(61)55-33-37-59-39-35-57-45(59)49(8,9)41-47(4,5)31-30-46(2,3)40-48(6,7)44-56-34-38-58(44)36-32-54-42(60)26-22-18-15-14-16-20-24-28-50(10,11)52/h24,28,30-31H,13-23,25-27,29,32-41,52-53H2,1-12H3,(H,54,60)(H,55,61). The van der Waals surface area contributed by atoms with Gasteiger partial charge in [0, 0.05) is 74.0 Å². The van der Waals surface area contributed by atoms with Gasteiger partial charge in [0.1, 0.15) is 11.7 Å². The first kappa shape index (κ1) is 54.4. The summed E-state index contributed by atoms with van der Waals surface area (Å²) in [5.74, 6) is 2.65. The van der Waals surface area contributed by atoms with Crippen LogP contribution in [0.1, 0.15) is 192 Å². The molecule has 2 amide bonds. The normalized spacial score (nSPS) is 16.8. The number of amidine groups is 2. The molecule has 0 aliphatic carbocycles. The lowest BCUT2D eigenvalue weighted by atomic mass is 9.70. The van der Waals surface area contributed by atoms with E-state index in [0.29, 0.717) is 25.9 Å². The van der Waals surface area contributed by atoms with Crippen molar-refractivity contribution in [2.45, 2.75) is 203 Å². The molecule has 1 atom stereocenters. The zero-order valence-corrected chi connectivity index (χ0v) is 41.7. The number of nitrogens with two attached hydrogens (primary N) is 2. The van der Waals surface area contributed by atoms with Crippen LogP contribution in [0, 0.1) is 21.7 Å². The molecule has 2 aliphatic heterocycles. The van der Waals surface area contributed by atoms with Crippen LogP contribution < -0.4 is 22.1 Å². The molecule has 0 fully saturated rings. The molecule has 61 heavy (non-hydrogen) atoms. The van der Waals surface area contributed by atoms with Crippen LogP contribution in [-0.4, -0.2) is 96.7 Å². The van der Waals surface area contributed by atoms with E-state index >= 15 is 0 Å². The summed E-state index contributed by atoms with van der Waals surface area (Å²) in [5.41, 5.74) is 11.7. The lowest BCUT2D eigenvalue weighted by Gasteiger charge is -2.39. The summed E-state index contributed by atoms with van der Waals surface area (Å²) in [7, 11) is 0. The van der Waals surface area contributed by atoms with E-state index < -0.39 is 0 Å². The van der Waals surface area contributed by atoms with Gasteiger partial charge in [-0.1, -0.05) is 132 Å². The Morgan fingerprint density at radius 1 is 0.607 bits per heavy atom. The van der Waals surface area contributed by atoms with E-state index in [-0.39, 0.29) is 44.6 Å². The fourth-order valence-electron chi connectivity index (χ4n) is 9.51. The largest absolute Gasteiger partial charge is 0.356 e. The first-order valence-corrected chi connectivity index (χ1v) is 24.5. The van der Waals surface area contributed by atoms with Crippen molar-refractivity contribution in [2.75, 3.05) is 52.4 Å². The summed E-state index contributed by atoms with van der Waals surface area (Å²) < 4.78 is 0. The van der Waals surface area contributed by atoms with Crippen LogP contribution >= 0.6 is 0 Å². The molecule has 0 aromatic rings. The Morgan fingerprint density at radius 3 is 1.44 bits per heavy atom. The SMILES string of the molecule is CCC(C)(N)CCCCCCCC(=O)NCCN1CCN=C1C(C)(C)CC(C)(C)C=CC(C)(C)CC(C)(C)C1=NCCN1CCNC(=O)CCCCCCCC=CC(C)(C)N. The molecular formula is C51H96N8O2. The Morgan fingerprint density at radius 2 is 1.02 bits per heavy atom. The van der Waals surface area contributed by atoms with Crippen molar-refractivity contribution < 1.29 is 9.59 Å².